The van der Waals surface area contributed by atoms with Crippen LogP contribution in [0.1, 0.15) is 20.8 Å². The van der Waals surface area contributed by atoms with Gasteiger partial charge in [-0.1, -0.05) is 30.7 Å². The lowest BCUT2D eigenvalue weighted by Crippen LogP contribution is -2.49. The summed E-state index contributed by atoms with van der Waals surface area (Å²) in [5.74, 6) is 0.0761. The lowest BCUT2D eigenvalue weighted by Gasteiger charge is -2.24. The molecule has 0 fully saturated rings. The molecular formula is C14H17ClN4O. The van der Waals surface area contributed by atoms with Crippen LogP contribution in [-0.4, -0.2) is 28.0 Å². The van der Waals surface area contributed by atoms with E-state index in [9.17, 15) is 4.79 Å². The molecule has 106 valence electrons. The molecule has 0 saturated carbocycles. The van der Waals surface area contributed by atoms with Gasteiger partial charge in [0.1, 0.15) is 0 Å². The van der Waals surface area contributed by atoms with Gasteiger partial charge in [-0.15, -0.1) is 0 Å². The van der Waals surface area contributed by atoms with Crippen LogP contribution in [0.5, 0.6) is 0 Å². The highest BCUT2D eigenvalue weighted by Crippen LogP contribution is 2.21. The van der Waals surface area contributed by atoms with Gasteiger partial charge in [-0.3, -0.25) is 4.79 Å². The minimum absolute atomic E-state index is 0.185. The van der Waals surface area contributed by atoms with E-state index in [1.165, 1.54) is 0 Å². The van der Waals surface area contributed by atoms with Crippen LogP contribution in [0.15, 0.2) is 24.3 Å². The topological polar surface area (TPSA) is 66.9 Å². The quantitative estimate of drug-likeness (QED) is 0.909. The summed E-state index contributed by atoms with van der Waals surface area (Å²) in [6, 6.07) is 7.37. The molecule has 1 aromatic heterocycles. The number of rotatable bonds is 4. The van der Waals surface area contributed by atoms with Gasteiger partial charge in [-0.25, -0.2) is 9.97 Å². The van der Waals surface area contributed by atoms with Crippen molar-refractivity contribution >= 4 is 34.4 Å². The Morgan fingerprint density at radius 3 is 2.45 bits per heavy atom. The van der Waals surface area contributed by atoms with Crippen LogP contribution in [-0.2, 0) is 4.79 Å². The highest BCUT2D eigenvalue weighted by atomic mass is 35.5. The Morgan fingerprint density at radius 1 is 1.25 bits per heavy atom. The third kappa shape index (κ3) is 3.05. The molecule has 2 rings (SSSR count). The Morgan fingerprint density at radius 2 is 1.85 bits per heavy atom. The van der Waals surface area contributed by atoms with Crippen molar-refractivity contribution in [3.63, 3.8) is 0 Å². The van der Waals surface area contributed by atoms with Gasteiger partial charge in [0.2, 0.25) is 5.91 Å². The Bertz CT molecular complexity index is 642. The van der Waals surface area contributed by atoms with Crippen LogP contribution >= 0.6 is 11.6 Å². The van der Waals surface area contributed by atoms with Crippen molar-refractivity contribution < 1.29 is 4.79 Å². The summed E-state index contributed by atoms with van der Waals surface area (Å²) in [4.78, 5) is 20.8. The fourth-order valence-electron chi connectivity index (χ4n) is 1.84. The summed E-state index contributed by atoms with van der Waals surface area (Å²) in [5, 5.41) is 6.00. The number of anilines is 1. The minimum Gasteiger partial charge on any atom is -0.306 e. The molecular weight excluding hydrogens is 276 g/mol. The van der Waals surface area contributed by atoms with Gasteiger partial charge in [0.15, 0.2) is 11.0 Å². The van der Waals surface area contributed by atoms with Crippen molar-refractivity contribution in [2.24, 2.45) is 0 Å². The highest BCUT2D eigenvalue weighted by Gasteiger charge is 2.27. The number of carbonyl (C=O) groups is 1. The molecule has 1 aromatic carbocycles. The van der Waals surface area contributed by atoms with Crippen LogP contribution in [0.25, 0.3) is 11.0 Å². The first-order valence-electron chi connectivity index (χ1n) is 6.43. The molecule has 2 N–H and O–H groups in total. The molecule has 6 heteroatoms. The monoisotopic (exact) mass is 292 g/mol. The van der Waals surface area contributed by atoms with Crippen molar-refractivity contribution in [1.82, 2.24) is 15.3 Å². The third-order valence-corrected chi connectivity index (χ3v) is 3.21. The van der Waals surface area contributed by atoms with Gasteiger partial charge in [0.25, 0.3) is 0 Å². The number of nitrogens with one attached hydrogen (secondary N) is 2. The number of hydrogen-bond acceptors (Lipinski definition) is 4. The summed E-state index contributed by atoms with van der Waals surface area (Å²) >= 11 is 6.07. The SMILES string of the molecule is CCNC(C)(C)C(=O)Nc1nc2ccccc2nc1Cl. The maximum absolute atomic E-state index is 12.2. The molecule has 0 aliphatic heterocycles. The Hall–Kier alpha value is -1.72. The first-order chi connectivity index (χ1) is 9.44. The number of aromatic nitrogens is 2. The average Bonchev–Trinajstić information content (AvgIpc) is 2.39. The van der Waals surface area contributed by atoms with Gasteiger partial charge in [-0.2, -0.15) is 0 Å². The predicted octanol–water partition coefficient (Wildman–Crippen LogP) is 2.61. The highest BCUT2D eigenvalue weighted by molar-refractivity contribution is 6.32. The van der Waals surface area contributed by atoms with Gasteiger partial charge in [0.05, 0.1) is 16.6 Å². The lowest BCUT2D eigenvalue weighted by molar-refractivity contribution is -0.121. The van der Waals surface area contributed by atoms with Crippen molar-refractivity contribution in [2.75, 3.05) is 11.9 Å². The van der Waals surface area contributed by atoms with E-state index in [1.54, 1.807) is 13.8 Å². The molecule has 0 aliphatic carbocycles. The molecule has 1 heterocycles. The normalized spacial score (nSPS) is 11.6. The van der Waals surface area contributed by atoms with Crippen molar-refractivity contribution in [3.05, 3.63) is 29.4 Å². The van der Waals surface area contributed by atoms with E-state index in [0.717, 1.165) is 0 Å². The van der Waals surface area contributed by atoms with Crippen LogP contribution < -0.4 is 10.6 Å². The van der Waals surface area contributed by atoms with Crippen LogP contribution in [0.4, 0.5) is 5.82 Å². The second-order valence-corrected chi connectivity index (χ2v) is 5.32. The number of halogens is 1. The second-order valence-electron chi connectivity index (χ2n) is 4.96. The number of fused-ring (bicyclic) bond motifs is 1. The van der Waals surface area contributed by atoms with E-state index in [2.05, 4.69) is 20.6 Å². The fourth-order valence-corrected chi connectivity index (χ4v) is 2.02. The lowest BCUT2D eigenvalue weighted by atomic mass is 10.0. The fraction of sp³-hybridized carbons (Fsp3) is 0.357. The molecule has 2 aromatic rings. The predicted molar refractivity (Wildman–Crippen MR) is 80.9 cm³/mol. The molecule has 0 bridgehead atoms. The number of benzene rings is 1. The van der Waals surface area contributed by atoms with Crippen molar-refractivity contribution in [1.29, 1.82) is 0 Å². The summed E-state index contributed by atoms with van der Waals surface area (Å²) < 4.78 is 0. The Kier molecular flexibility index (Phi) is 4.20. The molecule has 0 spiro atoms. The van der Waals surface area contributed by atoms with E-state index in [0.29, 0.717) is 17.6 Å². The maximum atomic E-state index is 12.2. The van der Waals surface area contributed by atoms with E-state index < -0.39 is 5.54 Å². The smallest absolute Gasteiger partial charge is 0.245 e. The van der Waals surface area contributed by atoms with E-state index in [1.807, 2.05) is 31.2 Å². The summed E-state index contributed by atoms with van der Waals surface area (Å²) in [6.45, 7) is 6.23. The number of carbonyl (C=O) groups excluding carboxylic acids is 1. The molecule has 0 unspecified atom stereocenters. The molecule has 0 atom stereocenters. The standard InChI is InChI=1S/C14H17ClN4O/c1-4-16-14(2,3)13(20)19-12-11(15)17-9-7-5-6-8-10(9)18-12/h5-8,16H,4H2,1-3H3,(H,18,19,20). The van der Waals surface area contributed by atoms with Crippen LogP contribution in [0.2, 0.25) is 5.15 Å². The van der Waals surface area contributed by atoms with Crippen molar-refractivity contribution in [3.8, 4) is 0 Å². The summed E-state index contributed by atoms with van der Waals surface area (Å²) in [6.07, 6.45) is 0. The van der Waals surface area contributed by atoms with E-state index >= 15 is 0 Å². The van der Waals surface area contributed by atoms with E-state index in [-0.39, 0.29) is 16.9 Å². The summed E-state index contributed by atoms with van der Waals surface area (Å²) in [5.41, 5.74) is 0.681. The number of nitrogens with zero attached hydrogens (tertiary/aromatic N) is 2. The largest absolute Gasteiger partial charge is 0.306 e. The molecule has 20 heavy (non-hydrogen) atoms. The Balaban J connectivity index is 2.29. The molecule has 0 saturated heterocycles. The zero-order valence-corrected chi connectivity index (χ0v) is 12.5. The Labute approximate surface area is 122 Å². The second kappa shape index (κ2) is 5.73. The van der Waals surface area contributed by atoms with Gasteiger partial charge in [0, 0.05) is 0 Å². The zero-order chi connectivity index (χ0) is 14.8. The number of para-hydroxylation sites is 2. The molecule has 0 aliphatic rings. The zero-order valence-electron chi connectivity index (χ0n) is 11.7. The molecule has 1 amide bonds. The third-order valence-electron chi connectivity index (χ3n) is 2.95. The first-order valence-corrected chi connectivity index (χ1v) is 6.80. The maximum Gasteiger partial charge on any atom is 0.245 e. The molecule has 5 nitrogen and oxygen atoms in total. The van der Waals surface area contributed by atoms with Gasteiger partial charge >= 0.3 is 0 Å². The van der Waals surface area contributed by atoms with Gasteiger partial charge < -0.3 is 10.6 Å². The number of hydrogen-bond donors (Lipinski definition) is 2. The minimum atomic E-state index is -0.703. The molecule has 0 radical (unpaired) electrons. The summed E-state index contributed by atoms with van der Waals surface area (Å²) in [7, 11) is 0. The van der Waals surface area contributed by atoms with Gasteiger partial charge in [-0.05, 0) is 32.5 Å². The average molecular weight is 293 g/mol. The number of amides is 1. The van der Waals surface area contributed by atoms with Crippen molar-refractivity contribution in [2.45, 2.75) is 26.3 Å². The number of likely N-dealkylation sites (N-methyl/N-ethyl adjacent to an activating group) is 1. The first kappa shape index (κ1) is 14.7. The van der Waals surface area contributed by atoms with Crippen LogP contribution in [0, 0.1) is 0 Å². The van der Waals surface area contributed by atoms with Crippen LogP contribution in [0.3, 0.4) is 0 Å². The van der Waals surface area contributed by atoms with E-state index in [4.69, 9.17) is 11.6 Å².